The third-order valence-electron chi connectivity index (χ3n) is 4.96. The van der Waals surface area contributed by atoms with Crippen molar-refractivity contribution in [1.29, 1.82) is 0 Å². The van der Waals surface area contributed by atoms with Crippen LogP contribution in [0.5, 0.6) is 0 Å². The topological polar surface area (TPSA) is 92.7 Å². The first-order chi connectivity index (χ1) is 14.1. The average molecular weight is 387 g/mol. The Labute approximate surface area is 165 Å². The van der Waals surface area contributed by atoms with Gasteiger partial charge in [-0.25, -0.2) is 4.98 Å². The van der Waals surface area contributed by atoms with Crippen LogP contribution >= 0.6 is 0 Å². The number of hydrogen-bond acceptors (Lipinski definition) is 5. The summed E-state index contributed by atoms with van der Waals surface area (Å²) in [7, 11) is 0. The molecule has 0 aliphatic carbocycles. The number of amides is 2. The van der Waals surface area contributed by atoms with Gasteiger partial charge in [-0.3, -0.25) is 14.0 Å². The highest BCUT2D eigenvalue weighted by atomic mass is 16.5. The summed E-state index contributed by atoms with van der Waals surface area (Å²) in [6.45, 7) is 2.32. The first-order valence-electron chi connectivity index (χ1n) is 9.23. The van der Waals surface area contributed by atoms with Crippen LogP contribution in [-0.2, 0) is 6.42 Å². The third kappa shape index (κ3) is 2.85. The summed E-state index contributed by atoms with van der Waals surface area (Å²) >= 11 is 0. The van der Waals surface area contributed by atoms with E-state index in [0.717, 1.165) is 17.7 Å². The molecule has 0 atom stereocenters. The average Bonchev–Trinajstić information content (AvgIpc) is 3.44. The molecule has 0 saturated carbocycles. The smallest absolute Gasteiger partial charge is 0.293 e. The van der Waals surface area contributed by atoms with E-state index in [0.29, 0.717) is 23.6 Å². The van der Waals surface area contributed by atoms with Gasteiger partial charge in [0, 0.05) is 24.5 Å². The molecule has 0 radical (unpaired) electrons. The lowest BCUT2D eigenvalue weighted by Gasteiger charge is -2.16. The minimum atomic E-state index is -0.472. The molecule has 0 bridgehead atoms. The Morgan fingerprint density at radius 2 is 1.97 bits per heavy atom. The standard InChI is InChI=1S/C21H17N5O3/c1-13-12-17(24-29-13)22-20(27)19-23-18(16-8-4-5-10-25(16)19)21(28)26-11-9-14-6-2-3-7-15(14)26/h2-8,10,12H,9,11H2,1H3,(H,22,24,27). The molecule has 1 aliphatic heterocycles. The number of imidazole rings is 1. The minimum absolute atomic E-state index is 0.108. The van der Waals surface area contributed by atoms with E-state index >= 15 is 0 Å². The van der Waals surface area contributed by atoms with Crippen LogP contribution in [0.25, 0.3) is 5.52 Å². The molecule has 29 heavy (non-hydrogen) atoms. The second kappa shape index (κ2) is 6.59. The number of nitrogens with zero attached hydrogens (tertiary/aromatic N) is 4. The molecule has 0 unspecified atom stereocenters. The Morgan fingerprint density at radius 3 is 2.79 bits per heavy atom. The first-order valence-corrected chi connectivity index (χ1v) is 9.23. The Hall–Kier alpha value is -3.94. The number of nitrogens with one attached hydrogen (secondary N) is 1. The maximum Gasteiger partial charge on any atom is 0.293 e. The van der Waals surface area contributed by atoms with Crippen LogP contribution in [0.4, 0.5) is 11.5 Å². The normalized spacial score (nSPS) is 12.9. The van der Waals surface area contributed by atoms with Crippen molar-refractivity contribution in [3.8, 4) is 0 Å². The predicted molar refractivity (Wildman–Crippen MR) is 106 cm³/mol. The number of carbonyl (C=O) groups excluding carboxylic acids is 2. The molecule has 5 rings (SSSR count). The van der Waals surface area contributed by atoms with Crippen molar-refractivity contribution in [2.24, 2.45) is 0 Å². The highest BCUT2D eigenvalue weighted by Gasteiger charge is 2.30. The van der Waals surface area contributed by atoms with Crippen LogP contribution in [0.15, 0.2) is 59.3 Å². The number of hydrogen-bond donors (Lipinski definition) is 1. The van der Waals surface area contributed by atoms with Crippen molar-refractivity contribution in [2.75, 3.05) is 16.8 Å². The van der Waals surface area contributed by atoms with Crippen molar-refractivity contribution in [3.05, 3.63) is 77.6 Å². The van der Waals surface area contributed by atoms with Gasteiger partial charge in [0.15, 0.2) is 11.5 Å². The van der Waals surface area contributed by atoms with Gasteiger partial charge in [-0.2, -0.15) is 0 Å². The van der Waals surface area contributed by atoms with Crippen molar-refractivity contribution < 1.29 is 14.1 Å². The second-order valence-electron chi connectivity index (χ2n) is 6.85. The molecule has 8 nitrogen and oxygen atoms in total. The van der Waals surface area contributed by atoms with Crippen LogP contribution in [0.1, 0.15) is 32.4 Å². The van der Waals surface area contributed by atoms with Crippen molar-refractivity contribution in [2.45, 2.75) is 13.3 Å². The zero-order chi connectivity index (χ0) is 20.0. The van der Waals surface area contributed by atoms with E-state index in [4.69, 9.17) is 4.52 Å². The fraction of sp³-hybridized carbons (Fsp3) is 0.143. The molecule has 1 aromatic carbocycles. The number of pyridine rings is 1. The lowest BCUT2D eigenvalue weighted by Crippen LogP contribution is -2.29. The van der Waals surface area contributed by atoms with Crippen LogP contribution in [-0.4, -0.2) is 32.9 Å². The van der Waals surface area contributed by atoms with Crippen LogP contribution in [0, 0.1) is 6.92 Å². The Bertz CT molecular complexity index is 1260. The van der Waals surface area contributed by atoms with E-state index < -0.39 is 5.91 Å². The Kier molecular flexibility index (Phi) is 3.90. The second-order valence-corrected chi connectivity index (χ2v) is 6.85. The highest BCUT2D eigenvalue weighted by molar-refractivity contribution is 6.12. The molecule has 0 saturated heterocycles. The van der Waals surface area contributed by atoms with Crippen LogP contribution in [0.3, 0.4) is 0 Å². The largest absolute Gasteiger partial charge is 0.360 e. The quantitative estimate of drug-likeness (QED) is 0.583. The summed E-state index contributed by atoms with van der Waals surface area (Å²) in [5.41, 5.74) is 2.83. The van der Waals surface area contributed by atoms with Gasteiger partial charge < -0.3 is 14.7 Å². The number of aryl methyl sites for hydroxylation is 1. The monoisotopic (exact) mass is 387 g/mol. The number of benzene rings is 1. The number of rotatable bonds is 3. The molecule has 4 aromatic rings. The molecule has 144 valence electrons. The molecular weight excluding hydrogens is 370 g/mol. The van der Waals surface area contributed by atoms with Crippen LogP contribution in [0.2, 0.25) is 0 Å². The molecule has 4 heterocycles. The third-order valence-corrected chi connectivity index (χ3v) is 4.96. The van der Waals surface area contributed by atoms with E-state index in [1.807, 2.05) is 30.3 Å². The van der Waals surface area contributed by atoms with E-state index in [1.54, 1.807) is 40.6 Å². The summed E-state index contributed by atoms with van der Waals surface area (Å²) in [4.78, 5) is 32.2. The van der Waals surface area contributed by atoms with Gasteiger partial charge in [0.2, 0.25) is 5.82 Å². The van der Waals surface area contributed by atoms with E-state index in [9.17, 15) is 9.59 Å². The SMILES string of the molecule is Cc1cc(NC(=O)c2nc(C(=O)N3CCc4ccccc43)c3ccccn23)no1. The molecule has 8 heteroatoms. The van der Waals surface area contributed by atoms with Crippen LogP contribution < -0.4 is 10.2 Å². The Morgan fingerprint density at radius 1 is 1.14 bits per heavy atom. The number of anilines is 2. The molecule has 1 N–H and O–H groups in total. The summed E-state index contributed by atoms with van der Waals surface area (Å²) < 4.78 is 6.59. The maximum atomic E-state index is 13.3. The molecule has 1 aliphatic rings. The van der Waals surface area contributed by atoms with Crippen molar-refractivity contribution in [3.63, 3.8) is 0 Å². The van der Waals surface area contributed by atoms with Gasteiger partial charge in [-0.05, 0) is 37.1 Å². The molecule has 0 fully saturated rings. The van der Waals surface area contributed by atoms with E-state index in [-0.39, 0.29) is 17.4 Å². The summed E-state index contributed by atoms with van der Waals surface area (Å²) in [5.74, 6) is 0.283. The summed E-state index contributed by atoms with van der Waals surface area (Å²) in [5, 5.41) is 6.43. The molecule has 3 aromatic heterocycles. The summed E-state index contributed by atoms with van der Waals surface area (Å²) in [6, 6.07) is 14.8. The zero-order valence-electron chi connectivity index (χ0n) is 15.6. The lowest BCUT2D eigenvalue weighted by atomic mass is 10.2. The van der Waals surface area contributed by atoms with Gasteiger partial charge in [0.1, 0.15) is 5.76 Å². The first kappa shape index (κ1) is 17.2. The number of aromatic nitrogens is 3. The lowest BCUT2D eigenvalue weighted by molar-refractivity contribution is 0.0986. The zero-order valence-corrected chi connectivity index (χ0v) is 15.6. The molecule has 2 amide bonds. The predicted octanol–water partition coefficient (Wildman–Crippen LogP) is 3.09. The molecular formula is C21H17N5O3. The van der Waals surface area contributed by atoms with Gasteiger partial charge in [0.25, 0.3) is 11.8 Å². The maximum absolute atomic E-state index is 13.3. The number of fused-ring (bicyclic) bond motifs is 2. The van der Waals surface area contributed by atoms with Crippen molar-refractivity contribution >= 4 is 28.8 Å². The van der Waals surface area contributed by atoms with E-state index in [2.05, 4.69) is 15.5 Å². The number of carbonyl (C=O) groups is 2. The Balaban J connectivity index is 1.54. The van der Waals surface area contributed by atoms with Gasteiger partial charge >= 0.3 is 0 Å². The fourth-order valence-electron chi connectivity index (χ4n) is 3.63. The van der Waals surface area contributed by atoms with Gasteiger partial charge in [0.05, 0.1) is 5.52 Å². The highest BCUT2D eigenvalue weighted by Crippen LogP contribution is 2.29. The van der Waals surface area contributed by atoms with E-state index in [1.165, 1.54) is 0 Å². The van der Waals surface area contributed by atoms with Gasteiger partial charge in [-0.15, -0.1) is 0 Å². The number of para-hydroxylation sites is 1. The molecule has 0 spiro atoms. The van der Waals surface area contributed by atoms with Crippen molar-refractivity contribution in [1.82, 2.24) is 14.5 Å². The van der Waals surface area contributed by atoms with Gasteiger partial charge in [-0.1, -0.05) is 29.4 Å². The minimum Gasteiger partial charge on any atom is -0.360 e. The fourth-order valence-corrected chi connectivity index (χ4v) is 3.63. The summed E-state index contributed by atoms with van der Waals surface area (Å²) in [6.07, 6.45) is 2.51.